The van der Waals surface area contributed by atoms with Crippen molar-refractivity contribution in [3.8, 4) is 0 Å². The molecule has 1 aromatic rings. The molecular formula is C19H23ClN2O7. The monoisotopic (exact) mass is 426 g/mol. The first-order valence-electron chi connectivity index (χ1n) is 8.62. The Bertz CT molecular complexity index is 845. The summed E-state index contributed by atoms with van der Waals surface area (Å²) in [5, 5.41) is 2.75. The van der Waals surface area contributed by atoms with Crippen LogP contribution >= 0.6 is 11.6 Å². The first-order valence-corrected chi connectivity index (χ1v) is 8.99. The number of esters is 2. The Balaban J connectivity index is 2.35. The SMILES string of the molecule is COC(=O)C1=C(C(=O)OC)N(c2ccc(NC(=O)OC(C)(C)C)c(Cl)c2)COC1. The van der Waals surface area contributed by atoms with E-state index in [1.807, 2.05) is 0 Å². The molecule has 1 aliphatic rings. The van der Waals surface area contributed by atoms with Crippen LogP contribution in [0.3, 0.4) is 0 Å². The highest BCUT2D eigenvalue weighted by Gasteiger charge is 2.32. The van der Waals surface area contributed by atoms with Gasteiger partial charge in [-0.05, 0) is 39.0 Å². The van der Waals surface area contributed by atoms with Gasteiger partial charge >= 0.3 is 18.0 Å². The average molecular weight is 427 g/mol. The fourth-order valence-corrected chi connectivity index (χ4v) is 2.76. The number of rotatable bonds is 4. The molecule has 9 nitrogen and oxygen atoms in total. The fourth-order valence-electron chi connectivity index (χ4n) is 2.53. The van der Waals surface area contributed by atoms with Crippen LogP contribution < -0.4 is 10.2 Å². The number of anilines is 2. The molecule has 0 bridgehead atoms. The summed E-state index contributed by atoms with van der Waals surface area (Å²) in [7, 11) is 2.41. The third-order valence-corrected chi connectivity index (χ3v) is 4.05. The fraction of sp³-hybridized carbons (Fsp3) is 0.421. The molecule has 2 rings (SSSR count). The Morgan fingerprint density at radius 3 is 2.34 bits per heavy atom. The number of nitrogens with zero attached hydrogens (tertiary/aromatic N) is 1. The molecule has 0 atom stereocenters. The lowest BCUT2D eigenvalue weighted by Gasteiger charge is -2.31. The van der Waals surface area contributed by atoms with Crippen molar-refractivity contribution < 1.29 is 33.3 Å². The second kappa shape index (κ2) is 9.15. The van der Waals surface area contributed by atoms with Gasteiger partial charge < -0.3 is 23.8 Å². The van der Waals surface area contributed by atoms with E-state index in [0.29, 0.717) is 11.4 Å². The third-order valence-electron chi connectivity index (χ3n) is 3.73. The number of ether oxygens (including phenoxy) is 4. The zero-order chi connectivity index (χ0) is 21.8. The van der Waals surface area contributed by atoms with E-state index in [4.69, 9.17) is 30.5 Å². The molecule has 0 aliphatic carbocycles. The quantitative estimate of drug-likeness (QED) is 0.578. The number of benzene rings is 1. The van der Waals surface area contributed by atoms with E-state index in [1.165, 1.54) is 25.2 Å². The zero-order valence-corrected chi connectivity index (χ0v) is 17.6. The predicted molar refractivity (Wildman–Crippen MR) is 106 cm³/mol. The van der Waals surface area contributed by atoms with Gasteiger partial charge in [-0.25, -0.2) is 14.4 Å². The molecular weight excluding hydrogens is 404 g/mol. The van der Waals surface area contributed by atoms with Gasteiger partial charge in [0.05, 0.1) is 37.1 Å². The summed E-state index contributed by atoms with van der Waals surface area (Å²) < 4.78 is 20.2. The molecule has 0 fully saturated rings. The van der Waals surface area contributed by atoms with Crippen LogP contribution in [0.4, 0.5) is 16.2 Å². The highest BCUT2D eigenvalue weighted by molar-refractivity contribution is 6.34. The number of amides is 1. The molecule has 0 unspecified atom stereocenters. The van der Waals surface area contributed by atoms with Crippen molar-refractivity contribution in [1.29, 1.82) is 0 Å². The minimum atomic E-state index is -0.722. The number of carbonyl (C=O) groups excluding carboxylic acids is 3. The molecule has 0 spiro atoms. The van der Waals surface area contributed by atoms with Crippen molar-refractivity contribution in [2.24, 2.45) is 0 Å². The number of nitrogens with one attached hydrogen (secondary N) is 1. The minimum absolute atomic E-state index is 0.00508. The maximum Gasteiger partial charge on any atom is 0.412 e. The molecule has 0 radical (unpaired) electrons. The van der Waals surface area contributed by atoms with Crippen molar-refractivity contribution in [1.82, 2.24) is 0 Å². The first-order chi connectivity index (χ1) is 13.6. The van der Waals surface area contributed by atoms with Gasteiger partial charge in [-0.3, -0.25) is 5.32 Å². The smallest absolute Gasteiger partial charge is 0.412 e. The maximum absolute atomic E-state index is 12.3. The van der Waals surface area contributed by atoms with Gasteiger partial charge in [0.15, 0.2) is 0 Å². The molecule has 0 saturated heterocycles. The standard InChI is InChI=1S/C19H23ClN2O7/c1-19(2,3)29-18(25)21-14-7-6-11(8-13(14)20)22-10-28-9-12(16(23)26-4)15(22)17(24)27-5/h6-8H,9-10H2,1-5H3,(H,21,25). The van der Waals surface area contributed by atoms with Gasteiger partial charge in [-0.2, -0.15) is 0 Å². The van der Waals surface area contributed by atoms with Crippen LogP contribution in [0.5, 0.6) is 0 Å². The Labute approximate surface area is 173 Å². The summed E-state index contributed by atoms with van der Waals surface area (Å²) in [4.78, 5) is 37.8. The van der Waals surface area contributed by atoms with Crippen LogP contribution in [-0.2, 0) is 28.5 Å². The second-order valence-electron chi connectivity index (χ2n) is 7.01. The van der Waals surface area contributed by atoms with E-state index in [2.05, 4.69) is 5.32 Å². The number of hydrogen-bond acceptors (Lipinski definition) is 8. The lowest BCUT2D eigenvalue weighted by Crippen LogP contribution is -2.38. The Kier molecular flexibility index (Phi) is 7.10. The van der Waals surface area contributed by atoms with E-state index >= 15 is 0 Å². The topological polar surface area (TPSA) is 103 Å². The molecule has 1 aromatic carbocycles. The summed E-state index contributed by atoms with van der Waals surface area (Å²) >= 11 is 6.29. The zero-order valence-electron chi connectivity index (χ0n) is 16.8. The molecule has 1 amide bonds. The molecule has 158 valence electrons. The molecule has 1 heterocycles. The minimum Gasteiger partial charge on any atom is -0.466 e. The lowest BCUT2D eigenvalue weighted by atomic mass is 10.1. The summed E-state index contributed by atoms with van der Waals surface area (Å²) in [5.74, 6) is -1.43. The molecule has 1 N–H and O–H groups in total. The first kappa shape index (κ1) is 22.5. The van der Waals surface area contributed by atoms with Gasteiger partial charge in [-0.15, -0.1) is 0 Å². The highest BCUT2D eigenvalue weighted by atomic mass is 35.5. The lowest BCUT2D eigenvalue weighted by molar-refractivity contribution is -0.140. The Morgan fingerprint density at radius 2 is 1.79 bits per heavy atom. The number of hydrogen-bond donors (Lipinski definition) is 1. The summed E-state index contributed by atoms with van der Waals surface area (Å²) in [6.07, 6.45) is -0.656. The van der Waals surface area contributed by atoms with Crippen molar-refractivity contribution >= 4 is 41.0 Å². The molecule has 29 heavy (non-hydrogen) atoms. The van der Waals surface area contributed by atoms with Gasteiger partial charge in [0.1, 0.15) is 18.0 Å². The van der Waals surface area contributed by atoms with Crippen LogP contribution in [0.2, 0.25) is 5.02 Å². The largest absolute Gasteiger partial charge is 0.466 e. The van der Waals surface area contributed by atoms with Gasteiger partial charge in [0.25, 0.3) is 0 Å². The van der Waals surface area contributed by atoms with Crippen molar-refractivity contribution in [2.45, 2.75) is 26.4 Å². The van der Waals surface area contributed by atoms with E-state index in [-0.39, 0.29) is 29.6 Å². The summed E-state index contributed by atoms with van der Waals surface area (Å²) in [6.45, 7) is 5.12. The van der Waals surface area contributed by atoms with Gasteiger partial charge in [0, 0.05) is 5.69 Å². The second-order valence-corrected chi connectivity index (χ2v) is 7.41. The van der Waals surface area contributed by atoms with E-state index < -0.39 is 23.6 Å². The average Bonchev–Trinajstić information content (AvgIpc) is 2.66. The Hall–Kier alpha value is -2.78. The number of halogens is 1. The molecule has 1 aliphatic heterocycles. The van der Waals surface area contributed by atoms with Crippen LogP contribution in [0.15, 0.2) is 29.5 Å². The van der Waals surface area contributed by atoms with Crippen molar-refractivity contribution in [2.75, 3.05) is 37.8 Å². The molecule has 0 saturated carbocycles. The van der Waals surface area contributed by atoms with Crippen LogP contribution in [-0.4, -0.2) is 51.2 Å². The van der Waals surface area contributed by atoms with Crippen LogP contribution in [0.1, 0.15) is 20.8 Å². The van der Waals surface area contributed by atoms with Crippen molar-refractivity contribution in [3.05, 3.63) is 34.5 Å². The predicted octanol–water partition coefficient (Wildman–Crippen LogP) is 3.08. The third kappa shape index (κ3) is 5.61. The van der Waals surface area contributed by atoms with E-state index in [0.717, 1.165) is 0 Å². The van der Waals surface area contributed by atoms with E-state index in [1.54, 1.807) is 32.9 Å². The number of carbonyl (C=O) groups is 3. The number of methoxy groups -OCH3 is 2. The highest BCUT2D eigenvalue weighted by Crippen LogP contribution is 2.32. The van der Waals surface area contributed by atoms with Gasteiger partial charge in [-0.1, -0.05) is 11.6 Å². The van der Waals surface area contributed by atoms with Crippen LogP contribution in [0, 0.1) is 0 Å². The normalized spacial score (nSPS) is 14.3. The summed E-state index contributed by atoms with van der Waals surface area (Å²) in [6, 6.07) is 4.66. The van der Waals surface area contributed by atoms with Crippen molar-refractivity contribution in [3.63, 3.8) is 0 Å². The van der Waals surface area contributed by atoms with Gasteiger partial charge in [0.2, 0.25) is 0 Å². The van der Waals surface area contributed by atoms with E-state index in [9.17, 15) is 14.4 Å². The summed E-state index contributed by atoms with van der Waals surface area (Å²) in [5.41, 5.74) is 0.129. The molecule has 0 aromatic heterocycles. The Morgan fingerprint density at radius 1 is 1.14 bits per heavy atom. The maximum atomic E-state index is 12.3. The molecule has 10 heteroatoms. The van der Waals surface area contributed by atoms with Crippen LogP contribution in [0.25, 0.3) is 0 Å².